The molecule has 5 N–H and O–H groups in total. The molecule has 23 nitrogen and oxygen atoms in total. The summed E-state index contributed by atoms with van der Waals surface area (Å²) in [6.45, 7) is 8.89. The SMILES string of the molecule is CC(=O)O[C@H]1C(=O)[C@@]2(C)[C@H]([C@H](OC(=O)c3ccccc3)[C@]3(O)CC(OC(=O)[C@H](OC(=O)CCCC(=O)Nc4ccc(CCCCCCCCCCCCCCCCCCOP(=O)(O)OCC[N+](C)(C)C)cc4)[C@@H](NC(=O)c4ccccc4)c4ccccc4)C(C)=C1C3(C)C)[C@]1(OC(C)=O)CO[C@@H]1C[C@@H]2O. The molecule has 24 heteroatoms. The Bertz CT molecular complexity index is 3660. The molecule has 3 fully saturated rings. The maximum absolute atomic E-state index is 15.9. The molecule has 4 aromatic carbocycles. The average molecular weight is 1480 g/mol. The third-order valence-corrected chi connectivity index (χ3v) is 22.4. The van der Waals surface area contributed by atoms with Gasteiger partial charge in [0.05, 0.1) is 57.4 Å². The van der Waals surface area contributed by atoms with Gasteiger partial charge in [0.15, 0.2) is 17.5 Å². The van der Waals surface area contributed by atoms with Crippen molar-refractivity contribution in [2.24, 2.45) is 16.7 Å². The fraction of sp³-hybridized carbons (Fsp3) is 0.580. The summed E-state index contributed by atoms with van der Waals surface area (Å²) >= 11 is 0. The largest absolute Gasteiger partial charge is 0.472 e. The minimum Gasteiger partial charge on any atom is -0.455 e. The van der Waals surface area contributed by atoms with Crippen LogP contribution in [0.2, 0.25) is 0 Å². The van der Waals surface area contributed by atoms with E-state index in [0.29, 0.717) is 22.3 Å². The number of amides is 2. The lowest BCUT2D eigenvalue weighted by Crippen LogP contribution is -2.82. The number of ether oxygens (including phenoxy) is 6. The normalized spacial score (nSPS) is 24.3. The van der Waals surface area contributed by atoms with Crippen LogP contribution >= 0.6 is 7.82 Å². The highest BCUT2D eigenvalue weighted by atomic mass is 31.2. The third-order valence-electron chi connectivity index (χ3n) is 21.4. The minimum atomic E-state index is -3.99. The summed E-state index contributed by atoms with van der Waals surface area (Å²) in [6.07, 6.45) is 7.89. The van der Waals surface area contributed by atoms with Crippen molar-refractivity contribution in [3.8, 4) is 0 Å². The van der Waals surface area contributed by atoms with Crippen molar-refractivity contribution in [2.45, 2.75) is 237 Å². The van der Waals surface area contributed by atoms with Crippen LogP contribution in [0.1, 0.15) is 214 Å². The van der Waals surface area contributed by atoms with E-state index in [2.05, 4.69) is 10.6 Å². The Morgan fingerprint density at radius 3 is 1.75 bits per heavy atom. The number of likely N-dealkylation sites (N-methyl/N-ethyl adjacent to an activating group) is 1. The number of aliphatic hydroxyl groups excluding tert-OH is 1. The van der Waals surface area contributed by atoms with Crippen molar-refractivity contribution in [1.82, 2.24) is 5.32 Å². The van der Waals surface area contributed by atoms with Gasteiger partial charge in [0, 0.05) is 56.2 Å². The number of Topliss-reactive ketones (excluding diaryl/α,β-unsaturated/α-hetero) is 1. The highest BCUT2D eigenvalue weighted by molar-refractivity contribution is 7.47. The maximum atomic E-state index is 15.9. The van der Waals surface area contributed by atoms with Crippen LogP contribution in [0.5, 0.6) is 0 Å². The molecular formula is C81H111N3O20P+. The molecule has 0 radical (unpaired) electrons. The summed E-state index contributed by atoms with van der Waals surface area (Å²) in [5, 5.41) is 32.3. The average Bonchev–Trinajstić information content (AvgIpc) is 0.669. The number of nitrogens with zero attached hydrogens (tertiary/aromatic N) is 1. The number of benzene rings is 4. The third kappa shape index (κ3) is 21.9. The molecule has 4 aromatic rings. The molecule has 2 saturated carbocycles. The van der Waals surface area contributed by atoms with Crippen molar-refractivity contribution in [3.63, 3.8) is 0 Å². The zero-order valence-electron chi connectivity index (χ0n) is 62.6. The van der Waals surface area contributed by atoms with Gasteiger partial charge in [-0.25, -0.2) is 14.2 Å². The van der Waals surface area contributed by atoms with Gasteiger partial charge in [-0.3, -0.25) is 37.8 Å². The van der Waals surface area contributed by atoms with E-state index in [-0.39, 0.29) is 73.7 Å². The monoisotopic (exact) mass is 1480 g/mol. The number of esters is 5. The van der Waals surface area contributed by atoms with Crippen molar-refractivity contribution >= 4 is 61.0 Å². The lowest BCUT2D eigenvalue weighted by molar-refractivity contribution is -0.870. The molecule has 3 aliphatic carbocycles. The number of anilines is 1. The molecule has 2 bridgehead atoms. The molecule has 105 heavy (non-hydrogen) atoms. The highest BCUT2D eigenvalue weighted by Gasteiger charge is 2.78. The van der Waals surface area contributed by atoms with E-state index in [1.54, 1.807) is 92.7 Å². The molecule has 1 saturated heterocycles. The number of nitrogens with one attached hydrogen (secondary N) is 2. The van der Waals surface area contributed by atoms with Gasteiger partial charge in [-0.1, -0.05) is 183 Å². The lowest BCUT2D eigenvalue weighted by atomic mass is 9.44. The van der Waals surface area contributed by atoms with Crippen LogP contribution in [0, 0.1) is 16.7 Å². The van der Waals surface area contributed by atoms with Gasteiger partial charge in [0.2, 0.25) is 12.0 Å². The Labute approximate surface area is 618 Å². The Morgan fingerprint density at radius 1 is 0.667 bits per heavy atom. The molecule has 2 unspecified atom stereocenters. The summed E-state index contributed by atoms with van der Waals surface area (Å²) in [5.41, 5.74) is -5.93. The van der Waals surface area contributed by atoms with Crippen LogP contribution in [0.4, 0.5) is 5.69 Å². The number of carbonyl (C=O) groups is 8. The van der Waals surface area contributed by atoms with Gasteiger partial charge in [-0.05, 0) is 98.2 Å². The van der Waals surface area contributed by atoms with E-state index in [0.717, 1.165) is 57.9 Å². The molecule has 12 atom stereocenters. The Balaban J connectivity index is 0.879. The molecular weight excluding hydrogens is 1370 g/mol. The number of hydrogen-bond donors (Lipinski definition) is 5. The first-order valence-corrected chi connectivity index (χ1v) is 38.9. The standard InChI is InChI=1S/C81H110N3O20P/c1-55-63(53-81(94)74(103-76(92)61-41-32-26-33-42-61)72-79(6,64(87)52-65-80(72,54-97-65)104-57(3)86)73(90)70(100-56(2)85)68(55)78(81,4)5)101-77(93)71(69(59-37-28-24-29-38-59)83-75(91)60-39-30-25-31-40-60)102-67(89)44-35-43-66(88)82-62-47-45-58(46-48-62)36-27-22-20-18-16-14-12-10-11-13-15-17-19-21-23-34-50-98-105(95,96)99-51-49-84(7,8)9/h24-26,28-33,37-42,45-48,63-65,69-72,74,87,94H,10-23,27,34-36,43-44,49-54H2,1-9H3,(H2-,82,83,88,91,95,96)/p+1/t63?,64-,65+,69-,70+,71+,72-,74-,79+,80-,81+/m0/s1. The van der Waals surface area contributed by atoms with Gasteiger partial charge < -0.3 is 58.6 Å². The fourth-order valence-corrected chi connectivity index (χ4v) is 16.2. The maximum Gasteiger partial charge on any atom is 0.472 e. The van der Waals surface area contributed by atoms with Crippen molar-refractivity contribution in [3.05, 3.63) is 149 Å². The molecule has 1 aliphatic heterocycles. The predicted octanol–water partition coefficient (Wildman–Crippen LogP) is 12.7. The van der Waals surface area contributed by atoms with Crippen LogP contribution in [-0.2, 0) is 77.2 Å². The zero-order chi connectivity index (χ0) is 76.2. The van der Waals surface area contributed by atoms with E-state index in [4.69, 9.17) is 37.5 Å². The van der Waals surface area contributed by atoms with Crippen LogP contribution in [-0.4, -0.2) is 162 Å². The molecule has 574 valence electrons. The van der Waals surface area contributed by atoms with E-state index in [9.17, 15) is 48.4 Å². The van der Waals surface area contributed by atoms with Gasteiger partial charge >= 0.3 is 37.7 Å². The number of phosphoric acid groups is 1. The molecule has 0 spiro atoms. The summed E-state index contributed by atoms with van der Waals surface area (Å²) in [7, 11) is 1.99. The van der Waals surface area contributed by atoms with Gasteiger partial charge in [0.1, 0.15) is 43.1 Å². The Morgan fingerprint density at radius 2 is 1.21 bits per heavy atom. The second kappa shape index (κ2) is 37.9. The Hall–Kier alpha value is -7.47. The van der Waals surface area contributed by atoms with E-state index in [1.165, 1.54) is 96.6 Å². The molecule has 1 heterocycles. The topological polar surface area (TPSA) is 312 Å². The lowest BCUT2D eigenvalue weighted by Gasteiger charge is -2.67. The van der Waals surface area contributed by atoms with Crippen LogP contribution in [0.3, 0.4) is 0 Å². The molecule has 4 aliphatic rings. The highest BCUT2D eigenvalue weighted by Crippen LogP contribution is 2.64. The number of ketones is 1. The summed E-state index contributed by atoms with van der Waals surface area (Å²) in [5.74, 6) is -8.47. The second-order valence-corrected chi connectivity index (χ2v) is 31.9. The second-order valence-electron chi connectivity index (χ2n) is 30.5. The van der Waals surface area contributed by atoms with Crippen molar-refractivity contribution in [1.29, 1.82) is 0 Å². The molecule has 0 aromatic heterocycles. The number of fused-ring (bicyclic) bond motifs is 5. The zero-order valence-corrected chi connectivity index (χ0v) is 63.5. The van der Waals surface area contributed by atoms with Gasteiger partial charge in [-0.2, -0.15) is 0 Å². The number of rotatable bonds is 40. The van der Waals surface area contributed by atoms with Gasteiger partial charge in [0.25, 0.3) is 5.91 Å². The van der Waals surface area contributed by atoms with Gasteiger partial charge in [-0.15, -0.1) is 0 Å². The number of quaternary nitrogens is 1. The number of aliphatic hydroxyl groups is 2. The summed E-state index contributed by atoms with van der Waals surface area (Å²) in [4.78, 5) is 125. The van der Waals surface area contributed by atoms with Crippen LogP contribution < -0.4 is 10.6 Å². The molecule has 2 amide bonds. The number of unbranched alkanes of at least 4 members (excludes halogenated alkanes) is 15. The van der Waals surface area contributed by atoms with Crippen molar-refractivity contribution in [2.75, 3.05) is 52.8 Å². The smallest absolute Gasteiger partial charge is 0.455 e. The number of carbonyl (C=O) groups excluding carboxylic acids is 8. The van der Waals surface area contributed by atoms with Crippen molar-refractivity contribution < 1.29 is 100.0 Å². The minimum absolute atomic E-state index is 0.0205. The number of hydrogen-bond acceptors (Lipinski definition) is 19. The summed E-state index contributed by atoms with van der Waals surface area (Å²) in [6, 6.07) is 30.4. The number of aryl methyl sites for hydroxylation is 1. The van der Waals surface area contributed by atoms with Crippen LogP contribution in [0.15, 0.2) is 126 Å². The summed E-state index contributed by atoms with van der Waals surface area (Å²) < 4.78 is 60.2. The first kappa shape index (κ1) is 83.2. The van der Waals surface area contributed by atoms with E-state index in [1.807, 2.05) is 45.4 Å². The quantitative estimate of drug-likeness (QED) is 0.00690. The van der Waals surface area contributed by atoms with E-state index >= 15 is 9.59 Å². The van der Waals surface area contributed by atoms with Crippen LogP contribution in [0.25, 0.3) is 0 Å². The fourth-order valence-electron chi connectivity index (χ4n) is 15.4. The Kier molecular flexibility index (Phi) is 30.0. The first-order valence-electron chi connectivity index (χ1n) is 37.4. The molecule has 8 rings (SSSR count). The first-order chi connectivity index (χ1) is 49.9. The predicted molar refractivity (Wildman–Crippen MR) is 393 cm³/mol. The number of phosphoric ester groups is 1. The van der Waals surface area contributed by atoms with E-state index < -0.39 is 126 Å².